The molecule has 186 valence electrons. The predicted octanol–water partition coefficient (Wildman–Crippen LogP) is 3.42. The molecule has 0 unspecified atom stereocenters. The third-order valence-corrected chi connectivity index (χ3v) is 7.56. The number of halogens is 2. The van der Waals surface area contributed by atoms with Crippen LogP contribution in [0.3, 0.4) is 0 Å². The van der Waals surface area contributed by atoms with Crippen LogP contribution in [0.25, 0.3) is 16.9 Å². The van der Waals surface area contributed by atoms with Gasteiger partial charge in [-0.15, -0.1) is 10.2 Å². The Bertz CT molecular complexity index is 1330. The van der Waals surface area contributed by atoms with Crippen LogP contribution in [-0.2, 0) is 0 Å². The average molecular weight is 493 g/mol. The van der Waals surface area contributed by atoms with E-state index in [0.29, 0.717) is 29.3 Å². The second-order valence-corrected chi connectivity index (χ2v) is 10.3. The Hall–Kier alpha value is -3.65. The minimum Gasteiger partial charge on any atom is -0.507 e. The van der Waals surface area contributed by atoms with E-state index in [2.05, 4.69) is 32.5 Å². The Kier molecular flexibility index (Phi) is 5.37. The van der Waals surface area contributed by atoms with Gasteiger partial charge in [-0.25, -0.2) is 18.4 Å². The molecule has 6 rings (SSSR count). The minimum absolute atomic E-state index is 0.0876. The van der Waals surface area contributed by atoms with E-state index in [9.17, 15) is 9.50 Å². The van der Waals surface area contributed by atoms with Crippen LogP contribution in [0.1, 0.15) is 51.1 Å². The molecule has 2 saturated heterocycles. The first-order chi connectivity index (χ1) is 17.3. The van der Waals surface area contributed by atoms with Crippen molar-refractivity contribution in [2.45, 2.75) is 75.3 Å². The molecule has 3 aliphatic rings. The Morgan fingerprint density at radius 3 is 2.78 bits per heavy atom. The minimum atomic E-state index is -1.01. The summed E-state index contributed by atoms with van der Waals surface area (Å²) in [5.74, 6) is -0.453. The fourth-order valence-corrected chi connectivity index (χ4v) is 5.68. The number of hydrogen-bond donors (Lipinski definition) is 2. The topological polar surface area (TPSA) is 116 Å². The van der Waals surface area contributed by atoms with Crippen LogP contribution in [0.5, 0.6) is 5.75 Å². The number of hydrogen-bond acceptors (Lipinski definition) is 8. The summed E-state index contributed by atoms with van der Waals surface area (Å²) in [6, 6.07) is 6.06. The molecular weight excluding hydrogens is 466 g/mol. The number of benzene rings is 1. The summed E-state index contributed by atoms with van der Waals surface area (Å²) in [7, 11) is 0. The summed E-state index contributed by atoms with van der Waals surface area (Å²) in [5.41, 5.74) is 0.715. The van der Waals surface area contributed by atoms with Crippen LogP contribution in [0.4, 0.5) is 14.7 Å². The monoisotopic (exact) mass is 492 g/mol. The van der Waals surface area contributed by atoms with Crippen LogP contribution < -0.4 is 10.2 Å². The smallest absolute Gasteiger partial charge is 0.245 e. The molecule has 4 atom stereocenters. The van der Waals surface area contributed by atoms with E-state index in [-0.39, 0.29) is 35.1 Å². The van der Waals surface area contributed by atoms with Gasteiger partial charge in [0.15, 0.2) is 11.5 Å². The molecule has 2 aromatic heterocycles. The maximum Gasteiger partial charge on any atom is 0.245 e. The maximum absolute atomic E-state index is 15.6. The molecule has 0 amide bonds. The van der Waals surface area contributed by atoms with Crippen molar-refractivity contribution in [3.63, 3.8) is 0 Å². The summed E-state index contributed by atoms with van der Waals surface area (Å²) >= 11 is 0. The SMILES string of the molecule is C[C@]12CCC[C@H](N1)[C@H](F)[C@H](N(c1ncc(-c3ccc(-n4cc(F)c(C#N)n4)cc3O)nn1)C1CC1)C2. The fraction of sp³-hybridized carbons (Fsp3) is 0.480. The van der Waals surface area contributed by atoms with Crippen LogP contribution in [0, 0.1) is 17.1 Å². The van der Waals surface area contributed by atoms with Crippen molar-refractivity contribution >= 4 is 5.95 Å². The lowest BCUT2D eigenvalue weighted by Gasteiger charge is -2.52. The number of alkyl halides is 1. The summed E-state index contributed by atoms with van der Waals surface area (Å²) in [4.78, 5) is 6.57. The highest BCUT2D eigenvalue weighted by atomic mass is 19.1. The van der Waals surface area contributed by atoms with Crippen LogP contribution in [-0.4, -0.2) is 59.9 Å². The summed E-state index contributed by atoms with van der Waals surface area (Å²) in [5, 5.41) is 35.6. The lowest BCUT2D eigenvalue weighted by Crippen LogP contribution is -2.67. The largest absolute Gasteiger partial charge is 0.507 e. The van der Waals surface area contributed by atoms with Gasteiger partial charge in [0, 0.05) is 29.3 Å². The third kappa shape index (κ3) is 3.95. The van der Waals surface area contributed by atoms with Gasteiger partial charge in [0.1, 0.15) is 23.7 Å². The first-order valence-corrected chi connectivity index (χ1v) is 12.2. The molecule has 2 bridgehead atoms. The first-order valence-electron chi connectivity index (χ1n) is 12.2. The molecule has 11 heteroatoms. The Morgan fingerprint density at radius 2 is 2.11 bits per heavy atom. The number of nitrogens with one attached hydrogen (secondary N) is 1. The average Bonchev–Trinajstić information content (AvgIpc) is 3.63. The van der Waals surface area contributed by atoms with Crippen LogP contribution in [0.15, 0.2) is 30.6 Å². The highest BCUT2D eigenvalue weighted by Gasteiger charge is 2.50. The predicted molar refractivity (Wildman–Crippen MR) is 127 cm³/mol. The number of aromatic hydroxyl groups is 1. The normalized spacial score (nSPS) is 27.4. The van der Waals surface area contributed by atoms with E-state index in [4.69, 9.17) is 5.26 Å². The van der Waals surface area contributed by atoms with Crippen molar-refractivity contribution in [3.8, 4) is 28.8 Å². The number of nitrogens with zero attached hydrogens (tertiary/aromatic N) is 7. The number of anilines is 1. The molecule has 2 N–H and O–H groups in total. The number of piperidine rings is 2. The number of fused-ring (bicyclic) bond motifs is 2. The van der Waals surface area contributed by atoms with E-state index in [1.807, 2.05) is 4.90 Å². The lowest BCUT2D eigenvalue weighted by atomic mass is 9.74. The molecule has 2 aliphatic heterocycles. The summed E-state index contributed by atoms with van der Waals surface area (Å²) in [6.45, 7) is 2.18. The molecule has 1 aliphatic carbocycles. The Morgan fingerprint density at radius 1 is 1.28 bits per heavy atom. The Labute approximate surface area is 206 Å². The maximum atomic E-state index is 15.6. The van der Waals surface area contributed by atoms with Gasteiger partial charge in [0.25, 0.3) is 0 Å². The van der Waals surface area contributed by atoms with Crippen molar-refractivity contribution < 1.29 is 13.9 Å². The number of phenols is 1. The summed E-state index contributed by atoms with van der Waals surface area (Å²) < 4.78 is 30.5. The zero-order valence-corrected chi connectivity index (χ0v) is 19.8. The highest BCUT2D eigenvalue weighted by molar-refractivity contribution is 5.68. The van der Waals surface area contributed by atoms with Crippen LogP contribution >= 0.6 is 0 Å². The third-order valence-electron chi connectivity index (χ3n) is 7.56. The number of rotatable bonds is 5. The molecule has 1 saturated carbocycles. The van der Waals surface area contributed by atoms with Crippen molar-refractivity contribution in [3.05, 3.63) is 42.1 Å². The zero-order chi connectivity index (χ0) is 25.0. The second kappa shape index (κ2) is 8.48. The van der Waals surface area contributed by atoms with Crippen molar-refractivity contribution in [2.75, 3.05) is 4.90 Å². The fourth-order valence-electron chi connectivity index (χ4n) is 5.68. The molecule has 0 spiro atoms. The van der Waals surface area contributed by atoms with Crippen LogP contribution in [0.2, 0.25) is 0 Å². The van der Waals surface area contributed by atoms with E-state index < -0.39 is 12.0 Å². The lowest BCUT2D eigenvalue weighted by molar-refractivity contribution is 0.0582. The molecule has 0 radical (unpaired) electrons. The standard InChI is InChI=1S/C25H26F2N8O/c1-25-8-2-3-18(30-25)23(27)21(10-25)35(14-4-5-14)24-29-12-20(31-32-24)16-7-6-15(9-22(16)36)34-13-17(26)19(11-28)33-34/h6-7,9,12-14,18,21,23,30,36H,2-5,8,10H2,1H3/t18-,21+,23-,25+/m0/s1. The van der Waals surface area contributed by atoms with E-state index in [0.717, 1.165) is 38.3 Å². The van der Waals surface area contributed by atoms with Gasteiger partial charge in [-0.3, -0.25) is 0 Å². The van der Waals surface area contributed by atoms with Gasteiger partial charge < -0.3 is 15.3 Å². The highest BCUT2D eigenvalue weighted by Crippen LogP contribution is 2.42. The van der Waals surface area contributed by atoms with Gasteiger partial charge in [-0.2, -0.15) is 10.4 Å². The molecule has 9 nitrogen and oxygen atoms in total. The Balaban J connectivity index is 1.27. The van der Waals surface area contributed by atoms with E-state index in [1.165, 1.54) is 16.9 Å². The van der Waals surface area contributed by atoms with Gasteiger partial charge >= 0.3 is 0 Å². The molecule has 3 fully saturated rings. The summed E-state index contributed by atoms with van der Waals surface area (Å²) in [6.07, 6.45) is 7.15. The molecule has 3 aromatic rings. The molecular formula is C25H26F2N8O. The first kappa shape index (κ1) is 22.8. The van der Waals surface area contributed by atoms with Gasteiger partial charge in [-0.05, 0) is 57.6 Å². The van der Waals surface area contributed by atoms with Crippen molar-refractivity contribution in [2.24, 2.45) is 0 Å². The van der Waals surface area contributed by atoms with Crippen molar-refractivity contribution in [1.29, 1.82) is 5.26 Å². The van der Waals surface area contributed by atoms with Gasteiger partial charge in [0.2, 0.25) is 5.95 Å². The van der Waals surface area contributed by atoms with E-state index in [1.54, 1.807) is 18.2 Å². The molecule has 36 heavy (non-hydrogen) atoms. The molecule has 4 heterocycles. The second-order valence-electron chi connectivity index (χ2n) is 10.3. The number of aromatic nitrogens is 5. The van der Waals surface area contributed by atoms with Gasteiger partial charge in [-0.1, -0.05) is 0 Å². The quantitative estimate of drug-likeness (QED) is 0.557. The van der Waals surface area contributed by atoms with E-state index >= 15 is 4.39 Å². The zero-order valence-electron chi connectivity index (χ0n) is 19.8. The number of nitriles is 1. The van der Waals surface area contributed by atoms with Crippen molar-refractivity contribution in [1.82, 2.24) is 30.3 Å². The number of phenolic OH excluding ortho intramolecular Hbond substituents is 1. The molecule has 1 aromatic carbocycles. The van der Waals surface area contributed by atoms with Gasteiger partial charge in [0.05, 0.1) is 24.1 Å².